The number of carbonyl (C=O) groups excluding carboxylic acids is 1. The molecule has 2 rings (SSSR count). The highest BCUT2D eigenvalue weighted by molar-refractivity contribution is 9.10. The van der Waals surface area contributed by atoms with Crippen molar-refractivity contribution in [2.75, 3.05) is 0 Å². The van der Waals surface area contributed by atoms with Crippen molar-refractivity contribution >= 4 is 33.4 Å². The van der Waals surface area contributed by atoms with Crippen LogP contribution >= 0.6 is 27.5 Å². The summed E-state index contributed by atoms with van der Waals surface area (Å²) >= 11 is 9.42. The Kier molecular flexibility index (Phi) is 4.46. The molecule has 1 amide bonds. The Bertz CT molecular complexity index is 396. The summed E-state index contributed by atoms with van der Waals surface area (Å²) in [6.45, 7) is 0. The Hall–Kier alpha value is -0.540. The fourth-order valence-electron chi connectivity index (χ4n) is 2.22. The van der Waals surface area contributed by atoms with E-state index < -0.39 is 0 Å². The summed E-state index contributed by atoms with van der Waals surface area (Å²) < 4.78 is 0.748. The van der Waals surface area contributed by atoms with E-state index in [1.807, 2.05) is 12.1 Å². The third kappa shape index (κ3) is 3.23. The van der Waals surface area contributed by atoms with Crippen molar-refractivity contribution in [2.45, 2.75) is 38.1 Å². The van der Waals surface area contributed by atoms with E-state index in [4.69, 9.17) is 11.6 Å². The minimum atomic E-state index is -0.0747. The molecule has 2 nitrogen and oxygen atoms in total. The van der Waals surface area contributed by atoms with Crippen LogP contribution in [0.1, 0.15) is 42.5 Å². The second-order valence-electron chi connectivity index (χ2n) is 4.41. The van der Waals surface area contributed by atoms with Crippen LogP contribution in [0.25, 0.3) is 0 Å². The fraction of sp³-hybridized carbons (Fsp3) is 0.462. The summed E-state index contributed by atoms with van der Waals surface area (Å²) in [6.07, 6.45) is 5.84. The van der Waals surface area contributed by atoms with E-state index in [1.54, 1.807) is 6.07 Å². The molecule has 1 aromatic rings. The van der Waals surface area contributed by atoms with E-state index in [2.05, 4.69) is 21.2 Å². The maximum Gasteiger partial charge on any atom is 0.254 e. The van der Waals surface area contributed by atoms with E-state index in [1.165, 1.54) is 19.3 Å². The fourth-order valence-corrected chi connectivity index (χ4v) is 3.14. The first-order chi connectivity index (χ1) is 8.18. The molecule has 0 bridgehead atoms. The van der Waals surface area contributed by atoms with Gasteiger partial charge in [0.05, 0.1) is 10.6 Å². The van der Waals surface area contributed by atoms with Crippen LogP contribution in [0.4, 0.5) is 0 Å². The highest BCUT2D eigenvalue weighted by Crippen LogP contribution is 2.25. The minimum absolute atomic E-state index is 0.0747. The molecular formula is C13H15BrClNO. The first-order valence-corrected chi connectivity index (χ1v) is 7.10. The molecule has 4 heteroatoms. The van der Waals surface area contributed by atoms with Crippen LogP contribution in [0.15, 0.2) is 22.7 Å². The van der Waals surface area contributed by atoms with Gasteiger partial charge in [0.1, 0.15) is 0 Å². The molecule has 0 atom stereocenters. The van der Waals surface area contributed by atoms with Crippen molar-refractivity contribution in [2.24, 2.45) is 0 Å². The number of amides is 1. The summed E-state index contributed by atoms with van der Waals surface area (Å²) in [6, 6.07) is 5.70. The Morgan fingerprint density at radius 1 is 1.29 bits per heavy atom. The Morgan fingerprint density at radius 3 is 2.65 bits per heavy atom. The van der Waals surface area contributed by atoms with Crippen molar-refractivity contribution in [3.63, 3.8) is 0 Å². The largest absolute Gasteiger partial charge is 0.349 e. The van der Waals surface area contributed by atoms with Gasteiger partial charge in [0, 0.05) is 10.5 Å². The molecule has 17 heavy (non-hydrogen) atoms. The number of benzene rings is 1. The molecule has 0 unspecified atom stereocenters. The smallest absolute Gasteiger partial charge is 0.254 e. The minimum Gasteiger partial charge on any atom is -0.349 e. The number of hydrogen-bond donors (Lipinski definition) is 1. The normalized spacial score (nSPS) is 16.8. The molecule has 0 aromatic heterocycles. The summed E-state index contributed by atoms with van der Waals surface area (Å²) in [5, 5.41) is 3.56. The van der Waals surface area contributed by atoms with Gasteiger partial charge < -0.3 is 5.32 Å². The number of hydrogen-bond acceptors (Lipinski definition) is 1. The third-order valence-corrected chi connectivity index (χ3v) is 4.11. The topological polar surface area (TPSA) is 29.1 Å². The monoisotopic (exact) mass is 315 g/mol. The zero-order valence-electron chi connectivity index (χ0n) is 9.51. The molecule has 1 N–H and O–H groups in total. The van der Waals surface area contributed by atoms with Gasteiger partial charge in [-0.1, -0.05) is 36.9 Å². The molecule has 1 aliphatic carbocycles. The first kappa shape index (κ1) is 12.9. The molecule has 0 aliphatic heterocycles. The third-order valence-electron chi connectivity index (χ3n) is 3.13. The summed E-state index contributed by atoms with van der Waals surface area (Å²) in [5.74, 6) is -0.0747. The molecular weight excluding hydrogens is 302 g/mol. The van der Waals surface area contributed by atoms with Crippen molar-refractivity contribution in [3.8, 4) is 0 Å². The molecule has 92 valence electrons. The highest BCUT2D eigenvalue weighted by atomic mass is 79.9. The Labute approximate surface area is 115 Å². The van der Waals surface area contributed by atoms with Crippen LogP contribution in [0, 0.1) is 0 Å². The lowest BCUT2D eigenvalue weighted by molar-refractivity contribution is 0.0927. The maximum atomic E-state index is 12.1. The maximum absolute atomic E-state index is 12.1. The van der Waals surface area contributed by atoms with Gasteiger partial charge in [-0.15, -0.1) is 0 Å². The highest BCUT2D eigenvalue weighted by Gasteiger charge is 2.19. The molecule has 0 radical (unpaired) electrons. The second kappa shape index (κ2) is 5.87. The standard InChI is InChI=1S/C13H15BrClNO/c14-10-7-4-8-11(15)12(10)13(17)16-9-5-2-1-3-6-9/h4,7-9H,1-3,5-6H2,(H,16,17). The van der Waals surface area contributed by atoms with E-state index in [0.29, 0.717) is 16.6 Å². The van der Waals surface area contributed by atoms with Gasteiger partial charge in [-0.2, -0.15) is 0 Å². The van der Waals surface area contributed by atoms with Gasteiger partial charge in [-0.3, -0.25) is 4.79 Å². The number of halogens is 2. The molecule has 0 heterocycles. The quantitative estimate of drug-likeness (QED) is 0.872. The lowest BCUT2D eigenvalue weighted by Gasteiger charge is -2.23. The average molecular weight is 317 g/mol. The number of nitrogens with one attached hydrogen (secondary N) is 1. The van der Waals surface area contributed by atoms with Crippen molar-refractivity contribution in [1.82, 2.24) is 5.32 Å². The van der Waals surface area contributed by atoms with Crippen LogP contribution in [-0.2, 0) is 0 Å². The predicted molar refractivity (Wildman–Crippen MR) is 73.5 cm³/mol. The molecule has 1 aromatic carbocycles. The van der Waals surface area contributed by atoms with Gasteiger partial charge >= 0.3 is 0 Å². The average Bonchev–Trinajstić information content (AvgIpc) is 2.30. The van der Waals surface area contributed by atoms with Crippen LogP contribution < -0.4 is 5.32 Å². The Balaban J connectivity index is 2.08. The summed E-state index contributed by atoms with van der Waals surface area (Å²) in [4.78, 5) is 12.1. The SMILES string of the molecule is O=C(NC1CCCCC1)c1c(Cl)cccc1Br. The molecule has 0 saturated heterocycles. The van der Waals surface area contributed by atoms with Gasteiger partial charge in [0.2, 0.25) is 0 Å². The van der Waals surface area contributed by atoms with Gasteiger partial charge in [-0.25, -0.2) is 0 Å². The van der Waals surface area contributed by atoms with Crippen LogP contribution in [0.5, 0.6) is 0 Å². The summed E-state index contributed by atoms with van der Waals surface area (Å²) in [7, 11) is 0. The number of carbonyl (C=O) groups is 1. The molecule has 0 spiro atoms. The summed E-state index contributed by atoms with van der Waals surface area (Å²) in [5.41, 5.74) is 0.541. The van der Waals surface area contributed by atoms with Gasteiger partial charge in [-0.05, 0) is 40.9 Å². The lowest BCUT2D eigenvalue weighted by atomic mass is 9.95. The Morgan fingerprint density at radius 2 is 2.00 bits per heavy atom. The van der Waals surface area contributed by atoms with Gasteiger partial charge in [0.15, 0.2) is 0 Å². The lowest BCUT2D eigenvalue weighted by Crippen LogP contribution is -2.36. The van der Waals surface area contributed by atoms with E-state index >= 15 is 0 Å². The van der Waals surface area contributed by atoms with Crippen LogP contribution in [-0.4, -0.2) is 11.9 Å². The van der Waals surface area contributed by atoms with Crippen LogP contribution in [0.2, 0.25) is 5.02 Å². The second-order valence-corrected chi connectivity index (χ2v) is 5.67. The van der Waals surface area contributed by atoms with Crippen molar-refractivity contribution < 1.29 is 4.79 Å². The molecule has 1 saturated carbocycles. The predicted octanol–water partition coefficient (Wildman–Crippen LogP) is 4.17. The van der Waals surface area contributed by atoms with E-state index in [0.717, 1.165) is 17.3 Å². The van der Waals surface area contributed by atoms with E-state index in [-0.39, 0.29) is 5.91 Å². The van der Waals surface area contributed by atoms with Crippen molar-refractivity contribution in [1.29, 1.82) is 0 Å². The zero-order valence-corrected chi connectivity index (χ0v) is 11.9. The first-order valence-electron chi connectivity index (χ1n) is 5.93. The molecule has 1 aliphatic rings. The van der Waals surface area contributed by atoms with Crippen molar-refractivity contribution in [3.05, 3.63) is 33.3 Å². The molecule has 1 fully saturated rings. The van der Waals surface area contributed by atoms with E-state index in [9.17, 15) is 4.79 Å². The zero-order chi connectivity index (χ0) is 12.3. The van der Waals surface area contributed by atoms with Crippen LogP contribution in [0.3, 0.4) is 0 Å². The number of rotatable bonds is 2. The van der Waals surface area contributed by atoms with Gasteiger partial charge in [0.25, 0.3) is 5.91 Å².